The lowest BCUT2D eigenvalue weighted by Crippen LogP contribution is -2.29. The Balaban J connectivity index is 1.34. The van der Waals surface area contributed by atoms with Gasteiger partial charge in [-0.15, -0.1) is 0 Å². The summed E-state index contributed by atoms with van der Waals surface area (Å²) in [7, 11) is -3.60. The maximum atomic E-state index is 12.8. The number of amides is 1. The number of hydrogen-bond acceptors (Lipinski definition) is 4. The molecule has 8 heteroatoms. The number of carbonyl (C=O) groups is 1. The highest BCUT2D eigenvalue weighted by Crippen LogP contribution is 2.26. The molecule has 0 unspecified atom stereocenters. The van der Waals surface area contributed by atoms with Crippen LogP contribution in [0.25, 0.3) is 10.8 Å². The van der Waals surface area contributed by atoms with Crippen molar-refractivity contribution in [2.75, 3.05) is 25.4 Å². The average molecular weight is 489 g/mol. The van der Waals surface area contributed by atoms with Gasteiger partial charge in [-0.2, -0.15) is 16.1 Å². The Hall–Kier alpha value is -2.06. The van der Waals surface area contributed by atoms with E-state index in [2.05, 4.69) is 35.6 Å². The van der Waals surface area contributed by atoms with Crippen LogP contribution in [0, 0.1) is 0 Å². The fourth-order valence-corrected chi connectivity index (χ4v) is 6.46. The molecule has 0 atom stereocenters. The number of nitrogens with one attached hydrogen (secondary N) is 1. The lowest BCUT2D eigenvalue weighted by molar-refractivity contribution is 0.0956. The van der Waals surface area contributed by atoms with Gasteiger partial charge in [-0.3, -0.25) is 4.79 Å². The van der Waals surface area contributed by atoms with Gasteiger partial charge < -0.3 is 5.32 Å². The van der Waals surface area contributed by atoms with Gasteiger partial charge in [-0.1, -0.05) is 54.1 Å². The van der Waals surface area contributed by atoms with E-state index < -0.39 is 10.0 Å². The van der Waals surface area contributed by atoms with E-state index in [1.807, 2.05) is 12.1 Å². The number of carbonyl (C=O) groups excluding carboxylic acids is 1. The minimum Gasteiger partial charge on any atom is -0.351 e. The van der Waals surface area contributed by atoms with E-state index >= 15 is 0 Å². The molecule has 0 radical (unpaired) electrons. The molecule has 4 rings (SSSR count). The summed E-state index contributed by atoms with van der Waals surface area (Å²) in [6.07, 6.45) is 1.72. The predicted molar refractivity (Wildman–Crippen MR) is 132 cm³/mol. The number of sulfonamides is 1. The van der Waals surface area contributed by atoms with E-state index in [9.17, 15) is 13.2 Å². The first-order valence-corrected chi connectivity index (χ1v) is 13.6. The second-order valence-electron chi connectivity index (χ2n) is 7.70. The Morgan fingerprint density at radius 1 is 1.03 bits per heavy atom. The first-order chi connectivity index (χ1) is 15.5. The predicted octanol–water partition coefficient (Wildman–Crippen LogP) is 4.94. The second kappa shape index (κ2) is 10.3. The molecule has 1 aliphatic rings. The third kappa shape index (κ3) is 5.12. The van der Waals surface area contributed by atoms with E-state index in [0.717, 1.165) is 24.3 Å². The summed E-state index contributed by atoms with van der Waals surface area (Å²) in [5, 5.41) is 5.57. The van der Waals surface area contributed by atoms with Crippen LogP contribution in [0.5, 0.6) is 0 Å². The first kappa shape index (κ1) is 23.1. The fourth-order valence-electron chi connectivity index (χ4n) is 3.85. The van der Waals surface area contributed by atoms with Crippen molar-refractivity contribution in [2.24, 2.45) is 0 Å². The highest BCUT2D eigenvalue weighted by atomic mass is 35.5. The van der Waals surface area contributed by atoms with Crippen LogP contribution in [0.4, 0.5) is 0 Å². The van der Waals surface area contributed by atoms with Crippen LogP contribution in [0.15, 0.2) is 65.6 Å². The van der Waals surface area contributed by atoms with Crippen molar-refractivity contribution in [1.82, 2.24) is 9.62 Å². The molecule has 0 bridgehead atoms. The number of fused-ring (bicyclic) bond motifs is 1. The summed E-state index contributed by atoms with van der Waals surface area (Å²) in [6, 6.07) is 18.9. The van der Waals surface area contributed by atoms with E-state index in [1.54, 1.807) is 11.8 Å². The molecule has 0 spiro atoms. The molecule has 3 aromatic carbocycles. The van der Waals surface area contributed by atoms with Gasteiger partial charge in [-0.25, -0.2) is 8.42 Å². The summed E-state index contributed by atoms with van der Waals surface area (Å²) in [4.78, 5) is 12.8. The molecule has 1 fully saturated rings. The van der Waals surface area contributed by atoms with Crippen molar-refractivity contribution >= 4 is 50.1 Å². The maximum Gasteiger partial charge on any atom is 0.252 e. The molecule has 3 aromatic rings. The number of rotatable bonds is 8. The van der Waals surface area contributed by atoms with Gasteiger partial charge in [0.1, 0.15) is 0 Å². The third-order valence-corrected chi connectivity index (χ3v) is 8.79. The van der Waals surface area contributed by atoms with Crippen LogP contribution >= 0.6 is 23.4 Å². The van der Waals surface area contributed by atoms with Crippen LogP contribution in [0.2, 0.25) is 5.02 Å². The molecule has 1 heterocycles. The minimum absolute atomic E-state index is 0.110. The Bertz CT molecular complexity index is 1220. The van der Waals surface area contributed by atoms with Crippen molar-refractivity contribution in [3.63, 3.8) is 0 Å². The van der Waals surface area contributed by atoms with Gasteiger partial charge >= 0.3 is 0 Å². The smallest absolute Gasteiger partial charge is 0.252 e. The van der Waals surface area contributed by atoms with Crippen molar-refractivity contribution < 1.29 is 13.2 Å². The quantitative estimate of drug-likeness (QED) is 0.456. The van der Waals surface area contributed by atoms with E-state index in [-0.39, 0.29) is 21.4 Å². The van der Waals surface area contributed by atoms with Crippen LogP contribution in [0.3, 0.4) is 0 Å². The SMILES string of the molecule is O=C(NCCSCc1cccc2ccccc12)c1cc(S(=O)(=O)N2CCCC2)ccc1Cl. The highest BCUT2D eigenvalue weighted by molar-refractivity contribution is 7.98. The van der Waals surface area contributed by atoms with Gasteiger partial charge in [0.15, 0.2) is 0 Å². The van der Waals surface area contributed by atoms with Crippen LogP contribution in [-0.2, 0) is 15.8 Å². The Morgan fingerprint density at radius 3 is 2.59 bits per heavy atom. The molecule has 5 nitrogen and oxygen atoms in total. The molecule has 1 amide bonds. The summed E-state index contributed by atoms with van der Waals surface area (Å²) in [5.41, 5.74) is 1.45. The van der Waals surface area contributed by atoms with Crippen molar-refractivity contribution in [3.05, 3.63) is 76.8 Å². The molecule has 1 saturated heterocycles. The number of benzene rings is 3. The van der Waals surface area contributed by atoms with Gasteiger partial charge in [0.05, 0.1) is 15.5 Å². The summed E-state index contributed by atoms with van der Waals surface area (Å²) in [5.74, 6) is 1.22. The summed E-state index contributed by atoms with van der Waals surface area (Å²) >= 11 is 7.94. The highest BCUT2D eigenvalue weighted by Gasteiger charge is 2.28. The van der Waals surface area contributed by atoms with Crippen molar-refractivity contribution in [2.45, 2.75) is 23.5 Å². The largest absolute Gasteiger partial charge is 0.351 e. The zero-order valence-corrected chi connectivity index (χ0v) is 20.0. The van der Waals surface area contributed by atoms with Crippen molar-refractivity contribution in [3.8, 4) is 0 Å². The molecule has 1 aliphatic heterocycles. The van der Waals surface area contributed by atoms with Gasteiger partial charge in [0, 0.05) is 31.1 Å². The molecule has 0 aliphatic carbocycles. The number of hydrogen-bond donors (Lipinski definition) is 1. The minimum atomic E-state index is -3.60. The fraction of sp³-hybridized carbons (Fsp3) is 0.292. The standard InChI is InChI=1S/C24H25ClN2O3S2/c25-23-11-10-20(32(29,30)27-13-3-4-14-27)16-22(23)24(28)26-12-15-31-17-19-8-5-7-18-6-1-2-9-21(18)19/h1-2,5-11,16H,3-4,12-15,17H2,(H,26,28). The molecular weight excluding hydrogens is 464 g/mol. The number of thioether (sulfide) groups is 1. The Labute approximate surface area is 198 Å². The lowest BCUT2D eigenvalue weighted by atomic mass is 10.1. The molecule has 1 N–H and O–H groups in total. The van der Waals surface area contributed by atoms with Crippen molar-refractivity contribution in [1.29, 1.82) is 0 Å². The average Bonchev–Trinajstić information content (AvgIpc) is 3.35. The van der Waals surface area contributed by atoms with E-state index in [1.165, 1.54) is 38.8 Å². The van der Waals surface area contributed by atoms with E-state index in [0.29, 0.717) is 19.6 Å². The molecule has 0 aromatic heterocycles. The molecule has 168 valence electrons. The van der Waals surface area contributed by atoms with Crippen LogP contribution in [0.1, 0.15) is 28.8 Å². The topological polar surface area (TPSA) is 66.5 Å². The molecule has 0 saturated carbocycles. The van der Waals surface area contributed by atoms with Crippen LogP contribution in [-0.4, -0.2) is 44.0 Å². The Morgan fingerprint density at radius 2 is 1.78 bits per heavy atom. The lowest BCUT2D eigenvalue weighted by Gasteiger charge is -2.16. The third-order valence-electron chi connectivity index (χ3n) is 5.55. The van der Waals surface area contributed by atoms with Gasteiger partial charge in [0.25, 0.3) is 5.91 Å². The monoisotopic (exact) mass is 488 g/mol. The normalized spacial score (nSPS) is 14.7. The number of halogens is 1. The summed E-state index contributed by atoms with van der Waals surface area (Å²) < 4.78 is 27.1. The van der Waals surface area contributed by atoms with E-state index in [4.69, 9.17) is 11.6 Å². The van der Waals surface area contributed by atoms with Gasteiger partial charge in [0.2, 0.25) is 10.0 Å². The summed E-state index contributed by atoms with van der Waals surface area (Å²) in [6.45, 7) is 1.49. The molecular formula is C24H25ClN2O3S2. The second-order valence-corrected chi connectivity index (χ2v) is 11.1. The first-order valence-electron chi connectivity index (χ1n) is 10.6. The molecule has 32 heavy (non-hydrogen) atoms. The Kier molecular flexibility index (Phi) is 7.40. The zero-order chi connectivity index (χ0) is 22.6. The van der Waals surface area contributed by atoms with Crippen LogP contribution < -0.4 is 5.32 Å². The maximum absolute atomic E-state index is 12.8. The van der Waals surface area contributed by atoms with Gasteiger partial charge in [-0.05, 0) is 47.4 Å². The number of nitrogens with zero attached hydrogens (tertiary/aromatic N) is 1. The zero-order valence-electron chi connectivity index (χ0n) is 17.6.